The molecule has 0 unspecified atom stereocenters. The van der Waals surface area contributed by atoms with Gasteiger partial charge in [0, 0.05) is 62.0 Å². The topological polar surface area (TPSA) is 391 Å². The molecule has 25 nitrogen and oxygen atoms in total. The van der Waals surface area contributed by atoms with Gasteiger partial charge in [-0.1, -0.05) is 49.4 Å². The molecule has 31 heteroatoms. The number of nitrogens with one attached hydrogen (secondary N) is 3. The third-order valence-corrected chi connectivity index (χ3v) is 20.3. The smallest absolute Gasteiger partial charge is 0.407 e. The maximum Gasteiger partial charge on any atom is 0.407 e. The summed E-state index contributed by atoms with van der Waals surface area (Å²) in [5.74, 6) is -5.91. The number of rotatable bonds is 12. The molecular weight excluding hydrogens is 1260 g/mol. The largest absolute Gasteiger partial charge is 0.508 e. The van der Waals surface area contributed by atoms with Crippen LogP contribution in [0.2, 0.25) is 0 Å². The van der Waals surface area contributed by atoms with E-state index in [4.69, 9.17) is 41.1 Å². The number of aryl methyl sites for hydroxylation is 1. The van der Waals surface area contributed by atoms with Crippen LogP contribution in [0.25, 0.3) is 43.4 Å². The number of pyridine rings is 1. The average molecular weight is 1320 g/mol. The number of carbonyl (C=O) groups is 7. The lowest BCUT2D eigenvalue weighted by Gasteiger charge is -2.29. The number of aromatic nitrogens is 7. The molecule has 7 atom stereocenters. The number of benzene rings is 2. The summed E-state index contributed by atoms with van der Waals surface area (Å²) in [7, 11) is 0. The second-order valence-electron chi connectivity index (χ2n) is 20.8. The number of phenols is 1. The van der Waals surface area contributed by atoms with Crippen molar-refractivity contribution in [2.45, 2.75) is 75.4 Å². The van der Waals surface area contributed by atoms with Crippen molar-refractivity contribution >= 4 is 109 Å². The van der Waals surface area contributed by atoms with Gasteiger partial charge in [-0.3, -0.25) is 28.8 Å². The summed E-state index contributed by atoms with van der Waals surface area (Å²) in [6.45, 7) is 2.04. The number of thiazole rings is 6. The fourth-order valence-electron chi connectivity index (χ4n) is 10.2. The molecule has 89 heavy (non-hydrogen) atoms. The molecule has 1 fully saturated rings. The van der Waals surface area contributed by atoms with Crippen LogP contribution in [0.4, 0.5) is 4.79 Å². The third-order valence-electron chi connectivity index (χ3n) is 14.7. The van der Waals surface area contributed by atoms with E-state index < -0.39 is 109 Å². The number of hydrogen-bond donors (Lipinski definition) is 9. The molecule has 10 bridgehead atoms. The van der Waals surface area contributed by atoms with Gasteiger partial charge in [-0.15, -0.1) is 68.0 Å². The zero-order chi connectivity index (χ0) is 62.8. The SMILES string of the molecule is Cc1sc2nc1C(=O)C[C@@H]([C@H](O)c1ccccc1)c1nc(cs1)C(=O)N[C@@H](Cc1ccc(O)cc1)C(=O)N1C[C@H](OC(=O)NC(CO)CO)[C@H](C)[C@H]1c1nc(cs1)-c1nc(cs1)-c1nc(-c3nc(C(N)=O)cs3)ccc1-c1nc(cs1)C(=O)N[C@H]2CC(N)=O. The van der Waals surface area contributed by atoms with Crippen LogP contribution in [-0.2, 0) is 20.7 Å². The van der Waals surface area contributed by atoms with Gasteiger partial charge in [0.25, 0.3) is 17.7 Å². The number of alkyl carbamates (subject to hydrolysis) is 1. The second-order valence-corrected chi connectivity index (χ2v) is 26.4. The molecule has 7 aromatic heterocycles. The van der Waals surface area contributed by atoms with Gasteiger partial charge in [0.2, 0.25) is 11.8 Å². The average Bonchev–Trinajstić information content (AvgIpc) is 2.53. The molecule has 6 amide bonds. The van der Waals surface area contributed by atoms with E-state index in [1.807, 2.05) is 0 Å². The Morgan fingerprint density at radius 1 is 0.708 bits per heavy atom. The van der Waals surface area contributed by atoms with Gasteiger partial charge in [0.1, 0.15) is 82.8 Å². The van der Waals surface area contributed by atoms with Crippen molar-refractivity contribution in [3.8, 4) is 49.1 Å². The van der Waals surface area contributed by atoms with Gasteiger partial charge in [-0.2, -0.15) is 0 Å². The first-order valence-electron chi connectivity index (χ1n) is 27.3. The number of hydrogen-bond acceptors (Lipinski definition) is 25. The summed E-state index contributed by atoms with van der Waals surface area (Å²) in [5, 5.41) is 60.0. The van der Waals surface area contributed by atoms with Gasteiger partial charge in [0.15, 0.2) is 5.78 Å². The molecular formula is C58H53N13O12S6. The lowest BCUT2D eigenvalue weighted by molar-refractivity contribution is -0.134. The Hall–Kier alpha value is -8.66. The molecule has 458 valence electrons. The summed E-state index contributed by atoms with van der Waals surface area (Å²) in [6, 6.07) is 13.6. The number of primary amides is 2. The van der Waals surface area contributed by atoms with Crippen LogP contribution in [0, 0.1) is 12.8 Å². The van der Waals surface area contributed by atoms with Crippen LogP contribution >= 0.6 is 68.0 Å². The highest BCUT2D eigenvalue weighted by molar-refractivity contribution is 7.15. The molecule has 0 aliphatic carbocycles. The van der Waals surface area contributed by atoms with Crippen molar-refractivity contribution in [3.05, 3.63) is 147 Å². The van der Waals surface area contributed by atoms with Crippen molar-refractivity contribution in [1.82, 2.24) is 55.7 Å². The molecule has 2 aliphatic rings. The second kappa shape index (κ2) is 26.6. The predicted molar refractivity (Wildman–Crippen MR) is 331 cm³/mol. The van der Waals surface area contributed by atoms with Gasteiger partial charge < -0.3 is 57.5 Å². The van der Waals surface area contributed by atoms with Crippen LogP contribution in [-0.4, -0.2) is 140 Å². The number of aromatic hydroxyl groups is 1. The summed E-state index contributed by atoms with van der Waals surface area (Å²) in [6.07, 6.45) is -4.19. The maximum absolute atomic E-state index is 15.6. The molecule has 0 saturated carbocycles. The van der Waals surface area contributed by atoms with Gasteiger partial charge in [-0.05, 0) is 42.3 Å². The highest BCUT2D eigenvalue weighted by atomic mass is 32.1. The molecule has 11 N–H and O–H groups in total. The Bertz CT molecular complexity index is 4140. The van der Waals surface area contributed by atoms with E-state index in [9.17, 15) is 49.2 Å². The first-order chi connectivity index (χ1) is 42.8. The fraction of sp³-hybridized carbons (Fsp3) is 0.276. The van der Waals surface area contributed by atoms with Crippen LogP contribution in [0.1, 0.15) is 117 Å². The number of phenolic OH excluding ortho intramolecular Hbond substituents is 1. The highest BCUT2D eigenvalue weighted by Crippen LogP contribution is 2.44. The first kappa shape index (κ1) is 62.0. The third kappa shape index (κ3) is 13.5. The van der Waals surface area contributed by atoms with Crippen molar-refractivity contribution in [2.75, 3.05) is 19.8 Å². The van der Waals surface area contributed by atoms with Crippen LogP contribution < -0.4 is 27.4 Å². The Labute approximate surface area is 529 Å². The van der Waals surface area contributed by atoms with E-state index in [0.29, 0.717) is 64.4 Å². The number of nitrogens with two attached hydrogens (primary N) is 2. The lowest BCUT2D eigenvalue weighted by atomic mass is 9.90. The molecule has 9 heterocycles. The van der Waals surface area contributed by atoms with Crippen LogP contribution in [0.3, 0.4) is 0 Å². The quantitative estimate of drug-likeness (QED) is 0.0642. The van der Waals surface area contributed by atoms with Crippen molar-refractivity contribution in [3.63, 3.8) is 0 Å². The van der Waals surface area contributed by atoms with Gasteiger partial charge in [0.05, 0.1) is 61.1 Å². The van der Waals surface area contributed by atoms with Crippen molar-refractivity contribution < 1.29 is 58.7 Å². The van der Waals surface area contributed by atoms with E-state index in [0.717, 1.165) is 45.3 Å². The number of aliphatic hydroxyl groups is 3. The van der Waals surface area contributed by atoms with E-state index in [1.165, 1.54) is 55.8 Å². The van der Waals surface area contributed by atoms with Crippen molar-refractivity contribution in [2.24, 2.45) is 17.4 Å². The number of aliphatic hydroxyl groups excluding tert-OH is 3. The van der Waals surface area contributed by atoms with E-state index in [1.54, 1.807) is 79.2 Å². The standard InChI is InChI=1S/C58H53N13O12S6/c1-25-42(83-58(82)61-29(18-72)19-73)17-71-46(25)56-69-40(24-88-56)54-65-36(20-86-54)45-31(12-13-33(62-45)53-66-37(21-87-53)48(60)78)51-67-38(22-84-51)49(79)63-34(16-43(59)76)55-70-44(26(2)89-55)41(75)15-32(47(77)28-6-4-3-5-7-28)52-68-39(23-85-52)50(80)64-35(57(71)81)14-27-8-10-30(74)11-9-27/h3-13,20-25,29,32,34-35,42,46-47,72-74,77H,14-19H2,1-2H3,(H2,59,76)(H2,60,78)(H,61,82)(H,63,79)(H,64,80)/t25-,32-,34-,35-,42-,46-,47+/m0/s1. The summed E-state index contributed by atoms with van der Waals surface area (Å²) in [5.41, 5.74) is 14.0. The summed E-state index contributed by atoms with van der Waals surface area (Å²) in [4.78, 5) is 133. The predicted octanol–water partition coefficient (Wildman–Crippen LogP) is 6.36. The summed E-state index contributed by atoms with van der Waals surface area (Å²) >= 11 is 6.77. The Morgan fingerprint density at radius 3 is 2.07 bits per heavy atom. The maximum atomic E-state index is 15.6. The molecule has 0 radical (unpaired) electrons. The number of ether oxygens (including phenoxy) is 1. The minimum Gasteiger partial charge on any atom is -0.508 e. The Morgan fingerprint density at radius 2 is 1.35 bits per heavy atom. The fourth-order valence-corrected chi connectivity index (χ4v) is 15.6. The van der Waals surface area contributed by atoms with E-state index >= 15 is 4.79 Å². The first-order valence-corrected chi connectivity index (χ1v) is 32.5. The highest BCUT2D eigenvalue weighted by Gasteiger charge is 2.48. The number of Topliss-reactive ketones (excluding diaryl/α,β-unsaturated/α-hetero) is 1. The van der Waals surface area contributed by atoms with Crippen molar-refractivity contribution in [1.29, 1.82) is 0 Å². The Kier molecular flexibility index (Phi) is 18.5. The number of carbonyl (C=O) groups excluding carboxylic acids is 7. The van der Waals surface area contributed by atoms with Crippen LogP contribution in [0.15, 0.2) is 93.6 Å². The number of ketones is 1. The number of nitrogens with zero attached hydrogens (tertiary/aromatic N) is 8. The van der Waals surface area contributed by atoms with Crippen LogP contribution in [0.5, 0.6) is 5.75 Å². The molecule has 11 rings (SSSR count). The summed E-state index contributed by atoms with van der Waals surface area (Å²) < 4.78 is 5.93. The number of amides is 6. The normalized spacial score (nSPS) is 19.3. The zero-order valence-electron chi connectivity index (χ0n) is 46.8. The number of fused-ring (bicyclic) bond motifs is 16. The molecule has 2 aliphatic heterocycles. The zero-order valence-corrected chi connectivity index (χ0v) is 51.7. The lowest BCUT2D eigenvalue weighted by Crippen LogP contribution is -2.50. The Balaban J connectivity index is 1.03. The molecule has 0 spiro atoms. The monoisotopic (exact) mass is 1320 g/mol. The minimum absolute atomic E-state index is 0.00235. The van der Waals surface area contributed by atoms with E-state index in [-0.39, 0.29) is 57.9 Å². The molecule has 2 aromatic carbocycles. The minimum atomic E-state index is -1.35. The van der Waals surface area contributed by atoms with Gasteiger partial charge >= 0.3 is 6.09 Å². The molecule has 9 aromatic rings. The van der Waals surface area contributed by atoms with Gasteiger partial charge in [-0.25, -0.2) is 39.7 Å². The van der Waals surface area contributed by atoms with E-state index in [2.05, 4.69) is 25.9 Å². The molecule has 1 saturated heterocycles.